The molecule has 1 aliphatic heterocycles. The van der Waals surface area contributed by atoms with Gasteiger partial charge in [-0.1, -0.05) is 42.5 Å². The molecule has 2 aromatic rings. The molecule has 1 heterocycles. The van der Waals surface area contributed by atoms with Crippen LogP contribution in [0.3, 0.4) is 0 Å². The molecule has 3 rings (SSSR count). The van der Waals surface area contributed by atoms with E-state index in [9.17, 15) is 4.79 Å². The van der Waals surface area contributed by atoms with Crippen molar-refractivity contribution in [1.82, 2.24) is 4.90 Å². The second kappa shape index (κ2) is 6.25. The number of hydrogen-bond acceptors (Lipinski definition) is 2. The van der Waals surface area contributed by atoms with Crippen molar-refractivity contribution < 1.29 is 4.79 Å². The van der Waals surface area contributed by atoms with Crippen molar-refractivity contribution in [3.8, 4) is 0 Å². The molecule has 20 heavy (non-hydrogen) atoms. The maximum atomic E-state index is 12.3. The van der Waals surface area contributed by atoms with Crippen LogP contribution in [0.2, 0.25) is 0 Å². The third kappa shape index (κ3) is 2.94. The summed E-state index contributed by atoms with van der Waals surface area (Å²) in [7, 11) is 0. The number of hydrogen-bond donors (Lipinski definition) is 1. The Labute approximate surface area is 125 Å². The molecule has 1 amide bonds. The zero-order valence-electron chi connectivity index (χ0n) is 11.3. The van der Waals surface area contributed by atoms with E-state index >= 15 is 0 Å². The monoisotopic (exact) mass is 290 g/mol. The molecule has 1 atom stereocenters. The third-order valence-electron chi connectivity index (χ3n) is 3.80. The number of nitrogens with two attached hydrogens (primary N) is 1. The predicted molar refractivity (Wildman–Crippen MR) is 84.1 cm³/mol. The zero-order chi connectivity index (χ0) is 13.2. The number of amides is 1. The van der Waals surface area contributed by atoms with Gasteiger partial charge in [0.05, 0.1) is 6.42 Å². The molecule has 1 fully saturated rings. The quantitative estimate of drug-likeness (QED) is 0.923. The van der Waals surface area contributed by atoms with Crippen LogP contribution in [0.25, 0.3) is 10.8 Å². The summed E-state index contributed by atoms with van der Waals surface area (Å²) < 4.78 is 0. The fourth-order valence-corrected chi connectivity index (χ4v) is 2.74. The normalized spacial score (nSPS) is 18.1. The number of nitrogens with zero attached hydrogens (tertiary/aromatic N) is 1. The highest BCUT2D eigenvalue weighted by Gasteiger charge is 2.23. The van der Waals surface area contributed by atoms with E-state index < -0.39 is 0 Å². The summed E-state index contributed by atoms with van der Waals surface area (Å²) in [5.41, 5.74) is 6.95. The first-order chi connectivity index (χ1) is 9.24. The van der Waals surface area contributed by atoms with Crippen LogP contribution in [0.15, 0.2) is 42.5 Å². The van der Waals surface area contributed by atoms with Gasteiger partial charge in [-0.05, 0) is 22.8 Å². The van der Waals surface area contributed by atoms with E-state index in [0.29, 0.717) is 13.0 Å². The maximum Gasteiger partial charge on any atom is 0.227 e. The van der Waals surface area contributed by atoms with Crippen LogP contribution in [0.4, 0.5) is 0 Å². The highest BCUT2D eigenvalue weighted by atomic mass is 35.5. The molecule has 0 bridgehead atoms. The lowest BCUT2D eigenvalue weighted by molar-refractivity contribution is -0.129. The Balaban J connectivity index is 0.00000147. The van der Waals surface area contributed by atoms with Crippen LogP contribution < -0.4 is 5.73 Å². The summed E-state index contributed by atoms with van der Waals surface area (Å²) in [4.78, 5) is 14.2. The summed E-state index contributed by atoms with van der Waals surface area (Å²) in [5.74, 6) is 0.185. The Hall–Kier alpha value is -1.58. The van der Waals surface area contributed by atoms with Gasteiger partial charge in [-0.2, -0.15) is 0 Å². The summed E-state index contributed by atoms with van der Waals surface area (Å²) in [6, 6.07) is 14.5. The first kappa shape index (κ1) is 14.8. The SMILES string of the molecule is Cl.N[C@H]1CCN(C(=O)Cc2cccc3ccccc23)C1. The molecule has 106 valence electrons. The lowest BCUT2D eigenvalue weighted by Crippen LogP contribution is -2.32. The number of halogens is 1. The van der Waals surface area contributed by atoms with Gasteiger partial charge in [0.15, 0.2) is 0 Å². The van der Waals surface area contributed by atoms with Crippen molar-refractivity contribution in [1.29, 1.82) is 0 Å². The van der Waals surface area contributed by atoms with Gasteiger partial charge in [0.25, 0.3) is 0 Å². The minimum atomic E-state index is 0. The van der Waals surface area contributed by atoms with Crippen LogP contribution in [0.1, 0.15) is 12.0 Å². The van der Waals surface area contributed by atoms with Gasteiger partial charge in [-0.15, -0.1) is 12.4 Å². The van der Waals surface area contributed by atoms with Gasteiger partial charge in [-0.3, -0.25) is 4.79 Å². The van der Waals surface area contributed by atoms with Crippen LogP contribution in [-0.2, 0) is 11.2 Å². The van der Waals surface area contributed by atoms with Crippen LogP contribution in [0, 0.1) is 0 Å². The van der Waals surface area contributed by atoms with Gasteiger partial charge < -0.3 is 10.6 Å². The Morgan fingerprint density at radius 2 is 1.95 bits per heavy atom. The largest absolute Gasteiger partial charge is 0.341 e. The molecular formula is C16H19ClN2O. The summed E-state index contributed by atoms with van der Waals surface area (Å²) in [6.45, 7) is 1.49. The number of likely N-dealkylation sites (tertiary alicyclic amines) is 1. The fraction of sp³-hybridized carbons (Fsp3) is 0.312. The van der Waals surface area contributed by atoms with Crippen molar-refractivity contribution in [3.63, 3.8) is 0 Å². The molecule has 4 heteroatoms. The highest BCUT2D eigenvalue weighted by Crippen LogP contribution is 2.20. The van der Waals surface area contributed by atoms with E-state index in [2.05, 4.69) is 18.2 Å². The van der Waals surface area contributed by atoms with E-state index in [1.54, 1.807) is 0 Å². The number of carbonyl (C=O) groups is 1. The standard InChI is InChI=1S/C16H18N2O.ClH/c17-14-8-9-18(11-14)16(19)10-13-6-3-5-12-4-1-2-7-15(12)13;/h1-7,14H,8-11,17H2;1H/t14-;/m0./s1. The summed E-state index contributed by atoms with van der Waals surface area (Å²) in [5, 5.41) is 2.35. The topological polar surface area (TPSA) is 46.3 Å². The van der Waals surface area contributed by atoms with E-state index in [0.717, 1.165) is 18.5 Å². The van der Waals surface area contributed by atoms with Crippen LogP contribution >= 0.6 is 12.4 Å². The highest BCUT2D eigenvalue weighted by molar-refractivity contribution is 5.90. The molecule has 0 aliphatic carbocycles. The van der Waals surface area contributed by atoms with E-state index in [1.807, 2.05) is 29.2 Å². The third-order valence-corrected chi connectivity index (χ3v) is 3.80. The molecule has 1 aliphatic rings. The molecular weight excluding hydrogens is 272 g/mol. The lowest BCUT2D eigenvalue weighted by atomic mass is 10.0. The van der Waals surface area contributed by atoms with E-state index in [1.165, 1.54) is 10.8 Å². The van der Waals surface area contributed by atoms with E-state index in [-0.39, 0.29) is 24.4 Å². The molecule has 0 radical (unpaired) electrons. The second-order valence-corrected chi connectivity index (χ2v) is 5.20. The number of rotatable bonds is 2. The van der Waals surface area contributed by atoms with Gasteiger partial charge in [0, 0.05) is 19.1 Å². The first-order valence-corrected chi connectivity index (χ1v) is 6.74. The summed E-state index contributed by atoms with van der Waals surface area (Å²) in [6.07, 6.45) is 1.38. The molecule has 0 saturated carbocycles. The minimum absolute atomic E-state index is 0. The summed E-state index contributed by atoms with van der Waals surface area (Å²) >= 11 is 0. The maximum absolute atomic E-state index is 12.3. The van der Waals surface area contributed by atoms with Crippen LogP contribution in [0.5, 0.6) is 0 Å². The number of benzene rings is 2. The molecule has 0 aromatic heterocycles. The molecule has 0 spiro atoms. The average Bonchev–Trinajstić information content (AvgIpc) is 2.86. The smallest absolute Gasteiger partial charge is 0.227 e. The Bertz CT molecular complexity index is 609. The Kier molecular flexibility index (Phi) is 4.63. The predicted octanol–water partition coefficient (Wildman–Crippen LogP) is 2.36. The van der Waals surface area contributed by atoms with Crippen LogP contribution in [-0.4, -0.2) is 29.9 Å². The van der Waals surface area contributed by atoms with Gasteiger partial charge in [0.2, 0.25) is 5.91 Å². The molecule has 2 aromatic carbocycles. The minimum Gasteiger partial charge on any atom is -0.341 e. The fourth-order valence-electron chi connectivity index (χ4n) is 2.74. The number of fused-ring (bicyclic) bond motifs is 1. The first-order valence-electron chi connectivity index (χ1n) is 6.74. The molecule has 2 N–H and O–H groups in total. The Morgan fingerprint density at radius 1 is 1.20 bits per heavy atom. The molecule has 1 saturated heterocycles. The van der Waals surface area contributed by atoms with Gasteiger partial charge >= 0.3 is 0 Å². The average molecular weight is 291 g/mol. The zero-order valence-corrected chi connectivity index (χ0v) is 12.1. The Morgan fingerprint density at radius 3 is 2.70 bits per heavy atom. The van der Waals surface area contributed by atoms with Crippen molar-refractivity contribution >= 4 is 29.1 Å². The van der Waals surface area contributed by atoms with Gasteiger partial charge in [0.1, 0.15) is 0 Å². The lowest BCUT2D eigenvalue weighted by Gasteiger charge is -2.16. The van der Waals surface area contributed by atoms with Crippen molar-refractivity contribution in [2.75, 3.05) is 13.1 Å². The second-order valence-electron chi connectivity index (χ2n) is 5.20. The number of carbonyl (C=O) groups excluding carboxylic acids is 1. The molecule has 0 unspecified atom stereocenters. The van der Waals surface area contributed by atoms with Crippen molar-refractivity contribution in [2.45, 2.75) is 18.9 Å². The van der Waals surface area contributed by atoms with E-state index in [4.69, 9.17) is 5.73 Å². The van der Waals surface area contributed by atoms with Crippen molar-refractivity contribution in [3.05, 3.63) is 48.0 Å². The molecule has 3 nitrogen and oxygen atoms in total. The van der Waals surface area contributed by atoms with Crippen molar-refractivity contribution in [2.24, 2.45) is 5.73 Å². The van der Waals surface area contributed by atoms with Gasteiger partial charge in [-0.25, -0.2) is 0 Å².